The van der Waals surface area contributed by atoms with E-state index in [0.717, 1.165) is 0 Å². The number of nitrogens with zero attached hydrogens (tertiary/aromatic N) is 1. The SMILES string of the molecule is CC(=O)NCCCC(C)N(c1cc(Cl)ccc1Cl)S(=O)(=O)c1ccc(Cl)cc1. The largest absolute Gasteiger partial charge is 0.356 e. The second-order valence-electron chi connectivity index (χ2n) is 6.32. The molecule has 2 aromatic rings. The molecule has 0 aromatic heterocycles. The molecule has 152 valence electrons. The Morgan fingerprint density at radius 2 is 1.68 bits per heavy atom. The summed E-state index contributed by atoms with van der Waals surface area (Å²) in [6, 6.07) is 10.2. The molecule has 0 radical (unpaired) electrons. The van der Waals surface area contributed by atoms with Gasteiger partial charge in [0, 0.05) is 29.6 Å². The number of carbonyl (C=O) groups is 1. The quantitative estimate of drug-likeness (QED) is 0.551. The maximum Gasteiger partial charge on any atom is 0.264 e. The van der Waals surface area contributed by atoms with E-state index in [1.54, 1.807) is 19.1 Å². The third-order valence-electron chi connectivity index (χ3n) is 4.09. The Morgan fingerprint density at radius 1 is 1.07 bits per heavy atom. The number of carbonyl (C=O) groups excluding carboxylic acids is 1. The summed E-state index contributed by atoms with van der Waals surface area (Å²) >= 11 is 18.3. The van der Waals surface area contributed by atoms with Crippen molar-refractivity contribution in [3.8, 4) is 0 Å². The topological polar surface area (TPSA) is 66.5 Å². The molecule has 2 aromatic carbocycles. The summed E-state index contributed by atoms with van der Waals surface area (Å²) in [5.74, 6) is -0.129. The van der Waals surface area contributed by atoms with Crippen molar-refractivity contribution in [3.05, 3.63) is 57.5 Å². The van der Waals surface area contributed by atoms with E-state index in [-0.39, 0.29) is 15.8 Å². The first-order valence-electron chi connectivity index (χ1n) is 8.62. The number of nitrogens with one attached hydrogen (secondary N) is 1. The minimum Gasteiger partial charge on any atom is -0.356 e. The lowest BCUT2D eigenvalue weighted by Gasteiger charge is -2.31. The van der Waals surface area contributed by atoms with Crippen molar-refractivity contribution in [2.45, 2.75) is 37.6 Å². The van der Waals surface area contributed by atoms with Gasteiger partial charge in [-0.25, -0.2) is 8.42 Å². The van der Waals surface area contributed by atoms with Gasteiger partial charge in [-0.2, -0.15) is 0 Å². The summed E-state index contributed by atoms with van der Waals surface area (Å²) in [4.78, 5) is 11.1. The van der Waals surface area contributed by atoms with Gasteiger partial charge in [0.25, 0.3) is 10.0 Å². The number of hydrogen-bond acceptors (Lipinski definition) is 3. The summed E-state index contributed by atoms with van der Waals surface area (Å²) in [5.41, 5.74) is 0.302. The van der Waals surface area contributed by atoms with Gasteiger partial charge in [-0.3, -0.25) is 9.10 Å². The Bertz CT molecular complexity index is 934. The van der Waals surface area contributed by atoms with Crippen molar-refractivity contribution in [2.24, 2.45) is 0 Å². The molecule has 2 rings (SSSR count). The second kappa shape index (κ2) is 9.83. The van der Waals surface area contributed by atoms with Crippen LogP contribution in [0.3, 0.4) is 0 Å². The van der Waals surface area contributed by atoms with Crippen molar-refractivity contribution >= 4 is 56.4 Å². The van der Waals surface area contributed by atoms with Gasteiger partial charge >= 0.3 is 0 Å². The van der Waals surface area contributed by atoms with E-state index in [0.29, 0.717) is 35.1 Å². The molecule has 0 saturated carbocycles. The Morgan fingerprint density at radius 3 is 2.29 bits per heavy atom. The molecule has 28 heavy (non-hydrogen) atoms. The highest BCUT2D eigenvalue weighted by atomic mass is 35.5. The predicted molar refractivity (Wildman–Crippen MR) is 115 cm³/mol. The molecule has 0 spiro atoms. The maximum atomic E-state index is 13.4. The van der Waals surface area contributed by atoms with Gasteiger partial charge in [0.05, 0.1) is 15.6 Å². The minimum absolute atomic E-state index is 0.0988. The van der Waals surface area contributed by atoms with Crippen LogP contribution in [0.5, 0.6) is 0 Å². The fourth-order valence-corrected chi connectivity index (χ4v) is 5.01. The summed E-state index contributed by atoms with van der Waals surface area (Å²) in [6.07, 6.45) is 1.11. The molecule has 0 heterocycles. The van der Waals surface area contributed by atoms with Gasteiger partial charge < -0.3 is 5.32 Å². The first-order valence-corrected chi connectivity index (χ1v) is 11.2. The average molecular weight is 464 g/mol. The Balaban J connectivity index is 2.42. The van der Waals surface area contributed by atoms with Crippen LogP contribution in [0.2, 0.25) is 15.1 Å². The van der Waals surface area contributed by atoms with Crippen LogP contribution in [0, 0.1) is 0 Å². The number of rotatable bonds is 8. The number of hydrogen-bond donors (Lipinski definition) is 1. The highest BCUT2D eigenvalue weighted by Crippen LogP contribution is 2.35. The number of anilines is 1. The molecular formula is C19H21Cl3N2O3S. The summed E-state index contributed by atoms with van der Waals surface area (Å²) in [7, 11) is -3.92. The van der Waals surface area contributed by atoms with E-state index < -0.39 is 16.1 Å². The zero-order chi connectivity index (χ0) is 20.9. The van der Waals surface area contributed by atoms with Crippen molar-refractivity contribution < 1.29 is 13.2 Å². The second-order valence-corrected chi connectivity index (χ2v) is 9.42. The molecule has 0 fully saturated rings. The fraction of sp³-hybridized carbons (Fsp3) is 0.316. The standard InChI is InChI=1S/C19H21Cl3N2O3S/c1-13(4-3-11-23-14(2)25)24(19-12-16(21)7-10-18(19)22)28(26,27)17-8-5-15(20)6-9-17/h5-10,12-13H,3-4,11H2,1-2H3,(H,23,25). The molecule has 5 nitrogen and oxygen atoms in total. The van der Waals surface area contributed by atoms with E-state index in [1.165, 1.54) is 41.6 Å². The first-order chi connectivity index (χ1) is 13.1. The minimum atomic E-state index is -3.92. The Labute approximate surface area is 180 Å². The summed E-state index contributed by atoms with van der Waals surface area (Å²) in [6.45, 7) is 3.68. The van der Waals surface area contributed by atoms with Crippen LogP contribution in [0.15, 0.2) is 47.4 Å². The zero-order valence-electron chi connectivity index (χ0n) is 15.5. The lowest BCUT2D eigenvalue weighted by atomic mass is 10.1. The van der Waals surface area contributed by atoms with Gasteiger partial charge in [-0.05, 0) is 62.2 Å². The van der Waals surface area contributed by atoms with Crippen LogP contribution in [0.4, 0.5) is 5.69 Å². The van der Waals surface area contributed by atoms with Crippen LogP contribution in [-0.2, 0) is 14.8 Å². The molecule has 9 heteroatoms. The van der Waals surface area contributed by atoms with Crippen molar-refractivity contribution in [1.82, 2.24) is 5.32 Å². The van der Waals surface area contributed by atoms with Gasteiger partial charge in [-0.1, -0.05) is 34.8 Å². The molecular weight excluding hydrogens is 443 g/mol. The molecule has 1 N–H and O–H groups in total. The molecule has 0 saturated heterocycles. The van der Waals surface area contributed by atoms with E-state index in [1.807, 2.05) is 0 Å². The van der Waals surface area contributed by atoms with Gasteiger partial charge in [-0.15, -0.1) is 0 Å². The van der Waals surface area contributed by atoms with Crippen molar-refractivity contribution in [1.29, 1.82) is 0 Å². The number of sulfonamides is 1. The zero-order valence-corrected chi connectivity index (χ0v) is 18.5. The number of amides is 1. The molecule has 1 atom stereocenters. The van der Waals surface area contributed by atoms with E-state index in [2.05, 4.69) is 5.32 Å². The third kappa shape index (κ3) is 5.77. The number of halogens is 3. The summed E-state index contributed by atoms with van der Waals surface area (Å²) < 4.78 is 28.1. The molecule has 0 aliphatic heterocycles. The maximum absolute atomic E-state index is 13.4. The van der Waals surface area contributed by atoms with E-state index >= 15 is 0 Å². The highest BCUT2D eigenvalue weighted by molar-refractivity contribution is 7.92. The lowest BCUT2D eigenvalue weighted by molar-refractivity contribution is -0.118. The molecule has 0 bridgehead atoms. The first kappa shape index (κ1) is 22.8. The Hall–Kier alpha value is -1.47. The van der Waals surface area contributed by atoms with Crippen molar-refractivity contribution in [2.75, 3.05) is 10.8 Å². The van der Waals surface area contributed by atoms with Crippen LogP contribution in [-0.4, -0.2) is 26.9 Å². The predicted octanol–water partition coefficient (Wildman–Crippen LogP) is 5.15. The molecule has 0 aliphatic rings. The van der Waals surface area contributed by atoms with Crippen LogP contribution >= 0.6 is 34.8 Å². The lowest BCUT2D eigenvalue weighted by Crippen LogP contribution is -2.39. The van der Waals surface area contributed by atoms with Crippen LogP contribution in [0.25, 0.3) is 0 Å². The molecule has 1 amide bonds. The monoisotopic (exact) mass is 462 g/mol. The van der Waals surface area contributed by atoms with Crippen LogP contribution < -0.4 is 9.62 Å². The van der Waals surface area contributed by atoms with Gasteiger partial charge in [0.1, 0.15) is 0 Å². The summed E-state index contributed by atoms with van der Waals surface area (Å²) in [5, 5.41) is 3.80. The van der Waals surface area contributed by atoms with E-state index in [4.69, 9.17) is 34.8 Å². The molecule has 0 aliphatic carbocycles. The van der Waals surface area contributed by atoms with E-state index in [9.17, 15) is 13.2 Å². The fourth-order valence-electron chi connectivity index (χ4n) is 2.76. The third-order valence-corrected chi connectivity index (χ3v) is 6.84. The van der Waals surface area contributed by atoms with Gasteiger partial charge in [0.15, 0.2) is 0 Å². The molecule has 1 unspecified atom stereocenters. The highest BCUT2D eigenvalue weighted by Gasteiger charge is 2.31. The average Bonchev–Trinajstić information content (AvgIpc) is 2.62. The van der Waals surface area contributed by atoms with Crippen molar-refractivity contribution in [3.63, 3.8) is 0 Å². The number of benzene rings is 2. The van der Waals surface area contributed by atoms with Crippen LogP contribution in [0.1, 0.15) is 26.7 Å². The van der Waals surface area contributed by atoms with Gasteiger partial charge in [0.2, 0.25) is 5.91 Å². The Kier molecular flexibility index (Phi) is 8.01. The smallest absolute Gasteiger partial charge is 0.264 e. The normalized spacial score (nSPS) is 12.5.